The zero-order valence-electron chi connectivity index (χ0n) is 14.9. The molecule has 1 aromatic heterocycles. The maximum Gasteiger partial charge on any atom is 0.430 e. The standard InChI is InChI=1S/C14H21N3O2S.C2HF3O2/c1-10-17-11-8-12(18-6-2-4-15)13(9-14(11)20-10)19-7-3-5-16;3-2(4,5)1(6)7/h8-9H,2-7,15-16H2,1H3;(H,6,7)/p+1. The number of aromatic nitrogens is 1. The Morgan fingerprint density at radius 3 is 2.07 bits per heavy atom. The van der Waals surface area contributed by atoms with Crippen LogP contribution in [-0.4, -0.2) is 43.4 Å². The number of hydrogen-bond donors (Lipinski definition) is 2. The van der Waals surface area contributed by atoms with Crippen LogP contribution in [0.15, 0.2) is 12.1 Å². The molecule has 0 fully saturated rings. The van der Waals surface area contributed by atoms with Crippen LogP contribution in [0.3, 0.4) is 0 Å². The summed E-state index contributed by atoms with van der Waals surface area (Å²) in [6.07, 6.45) is -3.31. The van der Waals surface area contributed by atoms with Crippen LogP contribution in [-0.2, 0) is 4.79 Å². The minimum Gasteiger partial charge on any atom is -0.542 e. The second-order valence-electron chi connectivity index (χ2n) is 5.40. The molecule has 0 saturated heterocycles. The van der Waals surface area contributed by atoms with E-state index in [4.69, 9.17) is 19.4 Å². The zero-order valence-corrected chi connectivity index (χ0v) is 15.8. The van der Waals surface area contributed by atoms with Crippen molar-refractivity contribution < 1.29 is 44.0 Å². The summed E-state index contributed by atoms with van der Waals surface area (Å²) in [5.41, 5.74) is 8.63. The maximum atomic E-state index is 10.5. The quantitative estimate of drug-likeness (QED) is 0.589. The smallest absolute Gasteiger partial charge is 0.430 e. The normalized spacial score (nSPS) is 11.0. The van der Waals surface area contributed by atoms with Crippen LogP contribution in [0.2, 0.25) is 0 Å². The van der Waals surface area contributed by atoms with E-state index in [2.05, 4.69) is 16.5 Å². The molecule has 2 rings (SSSR count). The van der Waals surface area contributed by atoms with Gasteiger partial charge in [0.05, 0.1) is 41.5 Å². The average Bonchev–Trinajstić information content (AvgIpc) is 2.94. The summed E-state index contributed by atoms with van der Waals surface area (Å²) in [6.45, 7) is 5.08. The monoisotopic (exact) mass is 410 g/mol. The molecule has 2 aromatic rings. The van der Waals surface area contributed by atoms with E-state index in [1.54, 1.807) is 11.3 Å². The summed E-state index contributed by atoms with van der Waals surface area (Å²) in [7, 11) is 0. The molecule has 0 aliphatic heterocycles. The van der Waals surface area contributed by atoms with E-state index in [9.17, 15) is 13.2 Å². The Bertz CT molecular complexity index is 691. The molecule has 0 aliphatic rings. The van der Waals surface area contributed by atoms with Crippen molar-refractivity contribution in [1.82, 2.24) is 4.98 Å². The van der Waals surface area contributed by atoms with Gasteiger partial charge in [-0.2, -0.15) is 13.2 Å². The third-order valence-electron chi connectivity index (χ3n) is 3.10. The Morgan fingerprint density at radius 2 is 1.63 bits per heavy atom. The number of alkyl halides is 3. The number of fused-ring (bicyclic) bond motifs is 1. The fraction of sp³-hybridized carbons (Fsp3) is 0.500. The van der Waals surface area contributed by atoms with E-state index in [1.807, 2.05) is 19.1 Å². The lowest BCUT2D eigenvalue weighted by atomic mass is 10.3. The molecule has 11 heteroatoms. The van der Waals surface area contributed by atoms with E-state index in [0.29, 0.717) is 13.2 Å². The van der Waals surface area contributed by atoms with Gasteiger partial charge in [0.15, 0.2) is 11.5 Å². The number of aryl methyl sites for hydroxylation is 1. The molecule has 0 bridgehead atoms. The first-order valence-electron chi connectivity index (χ1n) is 8.22. The maximum absolute atomic E-state index is 10.5. The predicted octanol–water partition coefficient (Wildman–Crippen LogP) is -0.0751. The van der Waals surface area contributed by atoms with Gasteiger partial charge in [-0.05, 0) is 6.92 Å². The number of aliphatic carboxylic acids is 1. The first kappa shape index (κ1) is 22.9. The Kier molecular flexibility index (Phi) is 9.26. The van der Waals surface area contributed by atoms with Crippen LogP contribution in [0.5, 0.6) is 11.5 Å². The van der Waals surface area contributed by atoms with Gasteiger partial charge in [-0.1, -0.05) is 0 Å². The van der Waals surface area contributed by atoms with Crippen LogP contribution in [0, 0.1) is 6.92 Å². The molecule has 1 heterocycles. The van der Waals surface area contributed by atoms with Gasteiger partial charge < -0.3 is 30.8 Å². The second-order valence-corrected chi connectivity index (χ2v) is 6.63. The lowest BCUT2D eigenvalue weighted by Gasteiger charge is -2.12. The number of halogens is 3. The van der Waals surface area contributed by atoms with Crippen LogP contribution >= 0.6 is 11.3 Å². The highest BCUT2D eigenvalue weighted by atomic mass is 32.1. The van der Waals surface area contributed by atoms with Crippen molar-refractivity contribution in [3.63, 3.8) is 0 Å². The average molecular weight is 410 g/mol. The van der Waals surface area contributed by atoms with Gasteiger partial charge in [-0.15, -0.1) is 11.3 Å². The molecule has 0 atom stereocenters. The number of carbonyl (C=O) groups excluding carboxylic acids is 1. The Morgan fingerprint density at radius 1 is 1.15 bits per heavy atom. The molecule has 0 unspecified atom stereocenters. The van der Waals surface area contributed by atoms with E-state index < -0.39 is 12.1 Å². The largest absolute Gasteiger partial charge is 0.542 e. The number of carbonyl (C=O) groups is 1. The molecule has 1 aromatic carbocycles. The highest BCUT2D eigenvalue weighted by Crippen LogP contribution is 2.35. The summed E-state index contributed by atoms with van der Waals surface area (Å²) in [5.74, 6) is -1.42. The Hall–Kier alpha value is -2.11. The van der Waals surface area contributed by atoms with Gasteiger partial charge in [0.1, 0.15) is 5.97 Å². The van der Waals surface area contributed by atoms with Crippen molar-refractivity contribution in [3.8, 4) is 11.5 Å². The molecule has 0 radical (unpaired) electrons. The highest BCUT2D eigenvalue weighted by Gasteiger charge is 2.28. The number of quaternary nitrogens is 2. The minimum absolute atomic E-state index is 0.657. The minimum atomic E-state index is -5.19. The van der Waals surface area contributed by atoms with Gasteiger partial charge in [0, 0.05) is 25.0 Å². The molecule has 0 spiro atoms. The third-order valence-corrected chi connectivity index (χ3v) is 4.03. The van der Waals surface area contributed by atoms with Gasteiger partial charge in [0.25, 0.3) is 0 Å². The molecule has 152 valence electrons. The van der Waals surface area contributed by atoms with E-state index >= 15 is 0 Å². The lowest BCUT2D eigenvalue weighted by Crippen LogP contribution is -2.50. The number of benzene rings is 1. The summed E-state index contributed by atoms with van der Waals surface area (Å²) in [5, 5.41) is 9.84. The predicted molar refractivity (Wildman–Crippen MR) is 91.2 cm³/mol. The number of carboxylic acid groups (broad SMARTS) is 1. The number of carboxylic acids is 1. The van der Waals surface area contributed by atoms with E-state index in [0.717, 1.165) is 52.7 Å². The Labute approximate surface area is 158 Å². The first-order chi connectivity index (χ1) is 12.7. The second kappa shape index (κ2) is 10.9. The molecule has 0 amide bonds. The SMILES string of the molecule is Cc1nc2cc(OCCC[NH3+])c(OCCC[NH3+])cc2s1.O=C([O-])C(F)(F)F. The van der Waals surface area contributed by atoms with Crippen molar-refractivity contribution in [3.05, 3.63) is 17.1 Å². The molecule has 27 heavy (non-hydrogen) atoms. The first-order valence-corrected chi connectivity index (χ1v) is 9.04. The van der Waals surface area contributed by atoms with Crippen LogP contribution in [0.1, 0.15) is 17.8 Å². The number of ether oxygens (including phenoxy) is 2. The molecule has 7 nitrogen and oxygen atoms in total. The third kappa shape index (κ3) is 7.97. The molecule has 0 aliphatic carbocycles. The number of rotatable bonds is 8. The van der Waals surface area contributed by atoms with Crippen LogP contribution < -0.4 is 26.0 Å². The van der Waals surface area contributed by atoms with E-state index in [1.165, 1.54) is 0 Å². The van der Waals surface area contributed by atoms with Crippen molar-refractivity contribution in [2.45, 2.75) is 25.9 Å². The van der Waals surface area contributed by atoms with Gasteiger partial charge in [-0.3, -0.25) is 0 Å². The molecular formula is C16H23F3N3O4S+. The van der Waals surface area contributed by atoms with Gasteiger partial charge >= 0.3 is 6.18 Å². The van der Waals surface area contributed by atoms with Crippen molar-refractivity contribution in [2.24, 2.45) is 0 Å². The van der Waals surface area contributed by atoms with E-state index in [-0.39, 0.29) is 0 Å². The van der Waals surface area contributed by atoms with Crippen LogP contribution in [0.25, 0.3) is 10.2 Å². The molecule has 6 N–H and O–H groups in total. The number of nitrogens with zero attached hydrogens (tertiary/aromatic N) is 1. The van der Waals surface area contributed by atoms with Crippen molar-refractivity contribution in [2.75, 3.05) is 26.3 Å². The van der Waals surface area contributed by atoms with Crippen molar-refractivity contribution in [1.29, 1.82) is 0 Å². The topological polar surface area (TPSA) is 127 Å². The summed E-state index contributed by atoms with van der Waals surface area (Å²) in [4.78, 5) is 13.3. The zero-order chi connectivity index (χ0) is 20.4. The number of hydrogen-bond acceptors (Lipinski definition) is 6. The summed E-state index contributed by atoms with van der Waals surface area (Å²) < 4.78 is 44.3. The highest BCUT2D eigenvalue weighted by molar-refractivity contribution is 7.18. The fourth-order valence-corrected chi connectivity index (χ4v) is 2.68. The lowest BCUT2D eigenvalue weighted by molar-refractivity contribution is -0.369. The Balaban J connectivity index is 0.000000445. The molecule has 0 saturated carbocycles. The fourth-order valence-electron chi connectivity index (χ4n) is 1.85. The van der Waals surface area contributed by atoms with Crippen molar-refractivity contribution >= 4 is 27.5 Å². The van der Waals surface area contributed by atoms with Gasteiger partial charge in [0.2, 0.25) is 0 Å². The molecular weight excluding hydrogens is 387 g/mol. The van der Waals surface area contributed by atoms with Gasteiger partial charge in [-0.25, -0.2) is 4.98 Å². The summed E-state index contributed by atoms with van der Waals surface area (Å²) in [6, 6.07) is 4.00. The number of thiazole rings is 1. The summed E-state index contributed by atoms with van der Waals surface area (Å²) >= 11 is 1.67. The van der Waals surface area contributed by atoms with Crippen LogP contribution in [0.4, 0.5) is 13.2 Å².